The number of aliphatic hydroxyl groups is 5. The maximum Gasteiger partial charge on any atom is 0.407 e. The summed E-state index contributed by atoms with van der Waals surface area (Å²) in [7, 11) is 0. The smallest absolute Gasteiger partial charge is 0.407 e. The van der Waals surface area contributed by atoms with E-state index in [0.29, 0.717) is 0 Å². The molecule has 1 unspecified atom stereocenters. The van der Waals surface area contributed by atoms with E-state index in [1.165, 1.54) is 13.8 Å². The van der Waals surface area contributed by atoms with E-state index in [1.807, 2.05) is 0 Å². The normalized spacial score (nSPS) is 37.5. The molecule has 1 saturated heterocycles. The third-order valence-electron chi connectivity index (χ3n) is 11.1. The summed E-state index contributed by atoms with van der Waals surface area (Å²) >= 11 is 0. The van der Waals surface area contributed by atoms with Crippen molar-refractivity contribution in [1.29, 1.82) is 0 Å². The van der Waals surface area contributed by atoms with Crippen molar-refractivity contribution in [3.63, 3.8) is 0 Å². The first-order valence-electron chi connectivity index (χ1n) is 16.0. The minimum absolute atomic E-state index is 0. The van der Waals surface area contributed by atoms with Crippen molar-refractivity contribution in [3.05, 3.63) is 23.3 Å². The Hall–Kier alpha value is 0.00312. The minimum atomic E-state index is -2.21. The summed E-state index contributed by atoms with van der Waals surface area (Å²) in [6, 6.07) is -1.14. The van der Waals surface area contributed by atoms with E-state index in [9.17, 15) is 44.7 Å². The second-order valence-electron chi connectivity index (χ2n) is 14.4. The van der Waals surface area contributed by atoms with Crippen LogP contribution in [0, 0.1) is 111 Å². The number of esters is 2. The number of hydrogen-bond acceptors (Lipinski definition) is 13. The number of allylic oxidation sites excluding steroid dienone is 1. The number of fused-ring (bicyclic) bond motifs is 5. The van der Waals surface area contributed by atoms with Crippen LogP contribution in [0.2, 0.25) is 0 Å². The van der Waals surface area contributed by atoms with Gasteiger partial charge in [0.15, 0.2) is 11.9 Å². The predicted molar refractivity (Wildman–Crippen MR) is 163 cm³/mol. The second kappa shape index (κ2) is 16.6. The fourth-order valence-electron chi connectivity index (χ4n) is 8.16. The molecular formula is C33H49Ac2NO13. The maximum absolute atomic E-state index is 14.3. The van der Waals surface area contributed by atoms with Crippen molar-refractivity contribution < 1.29 is 152 Å². The Balaban J connectivity index is 0.00000417. The molecule has 2 saturated carbocycles. The molecule has 3 aliphatic carbocycles. The molecule has 2 radical (unpaired) electrons. The molecule has 16 heteroatoms. The molecule has 14 nitrogen and oxygen atoms in total. The van der Waals surface area contributed by atoms with Gasteiger partial charge in [0, 0.05) is 119 Å². The molecule has 0 spiro atoms. The first kappa shape index (κ1) is 45.2. The van der Waals surface area contributed by atoms with E-state index >= 15 is 0 Å². The third-order valence-corrected chi connectivity index (χ3v) is 11.1. The Labute approximate surface area is 358 Å². The van der Waals surface area contributed by atoms with Crippen molar-refractivity contribution >= 4 is 23.8 Å². The predicted octanol–water partition coefficient (Wildman–Crippen LogP) is 0.456. The topological polar surface area (TPSA) is 218 Å². The van der Waals surface area contributed by atoms with Crippen LogP contribution in [0.15, 0.2) is 23.3 Å². The van der Waals surface area contributed by atoms with Crippen LogP contribution in [0.4, 0.5) is 4.79 Å². The Bertz CT molecular complexity index is 1350. The first-order valence-corrected chi connectivity index (χ1v) is 16.0. The summed E-state index contributed by atoms with van der Waals surface area (Å²) in [4.78, 5) is 52.8. The van der Waals surface area contributed by atoms with E-state index in [1.54, 1.807) is 46.8 Å². The van der Waals surface area contributed by atoms with Gasteiger partial charge in [0.2, 0.25) is 0 Å². The van der Waals surface area contributed by atoms with Crippen LogP contribution in [0.1, 0.15) is 68.2 Å². The number of carbonyl (C=O) groups excluding carboxylic acids is 4. The zero-order chi connectivity index (χ0) is 35.4. The molecule has 1 aliphatic heterocycles. The molecule has 1 heterocycles. The number of alkyl carbamates (subject to hydrolysis) is 1. The molecule has 2 bridgehead atoms. The molecule has 6 N–H and O–H groups in total. The SMILES string of the molecule is C/C=C/COC(=O)N[C@@H](C(C)C)[C@@H](O)C(=O)OC1C[C@@]2(O)[C@@H](OC(C)=O)[C@@H]3[C@]4(O)CO[C@@H]4C[C@H](O)[C@@]3(C)C(=O)[C@H](O)C(=C1C)C2(C)C.[Ac].[Ac]. The molecule has 49 heavy (non-hydrogen) atoms. The van der Waals surface area contributed by atoms with Crippen molar-refractivity contribution in [1.82, 2.24) is 5.32 Å². The van der Waals surface area contributed by atoms with Crippen LogP contribution in [0.25, 0.3) is 0 Å². The first-order chi connectivity index (χ1) is 21.7. The van der Waals surface area contributed by atoms with E-state index in [-0.39, 0.29) is 119 Å². The number of carbonyl (C=O) groups is 4. The van der Waals surface area contributed by atoms with Gasteiger partial charge < -0.3 is 49.8 Å². The largest absolute Gasteiger partial charge is 0.459 e. The Kier molecular flexibility index (Phi) is 15.3. The summed E-state index contributed by atoms with van der Waals surface area (Å²) in [5.41, 5.74) is -7.27. The summed E-state index contributed by atoms with van der Waals surface area (Å²) in [5, 5.41) is 61.4. The van der Waals surface area contributed by atoms with Gasteiger partial charge in [-0.05, 0) is 37.8 Å². The van der Waals surface area contributed by atoms with E-state index in [2.05, 4.69) is 5.32 Å². The summed E-state index contributed by atoms with van der Waals surface area (Å²) in [6.07, 6.45) is -7.41. The molecule has 0 aromatic carbocycles. The van der Waals surface area contributed by atoms with Gasteiger partial charge in [0.05, 0.1) is 30.3 Å². The summed E-state index contributed by atoms with van der Waals surface area (Å²) < 4.78 is 22.1. The standard InChI is InChI=1S/C33H49NO13.2Ac/c1-9-10-11-44-29(41)34-22(15(2)3)24(38)28(40)47-18-13-33(43)27(46-17(5)35)25-31(8,19(36)12-20-32(25,42)14-45-20)26(39)23(37)21(16(18)4)30(33,6)7;;/h9-10,15,18-20,22-25,27,36-38,42-43H,11-14H2,1-8H3,(H,34,41);;/b10-9+;;/t18?,19-,20+,22-,23+,24+,25-,27-,31+,32-,33+;;/m0../s1. The van der Waals surface area contributed by atoms with Gasteiger partial charge in [-0.25, -0.2) is 9.59 Å². The minimum Gasteiger partial charge on any atom is -0.459 e. The van der Waals surface area contributed by atoms with Crippen molar-refractivity contribution in [2.24, 2.45) is 22.7 Å². The second-order valence-corrected chi connectivity index (χ2v) is 14.4. The molecular weight excluding hydrogens is 1070 g/mol. The monoisotopic (exact) mass is 1120 g/mol. The van der Waals surface area contributed by atoms with Gasteiger partial charge in [0.25, 0.3) is 0 Å². The van der Waals surface area contributed by atoms with Crippen LogP contribution < -0.4 is 5.32 Å². The van der Waals surface area contributed by atoms with Gasteiger partial charge in [-0.1, -0.05) is 39.8 Å². The molecule has 0 aromatic heterocycles. The molecule has 3 fully saturated rings. The van der Waals surface area contributed by atoms with Gasteiger partial charge in [-0.3, -0.25) is 9.59 Å². The number of Topliss-reactive ketones (excluding diaryl/α,β-unsaturated/α-hetero) is 1. The quantitative estimate of drug-likeness (QED) is 0.111. The Morgan fingerprint density at radius 3 is 2.22 bits per heavy atom. The van der Waals surface area contributed by atoms with Crippen LogP contribution in [0.3, 0.4) is 0 Å². The zero-order valence-electron chi connectivity index (χ0n) is 29.3. The molecule has 270 valence electrons. The van der Waals surface area contributed by atoms with Crippen LogP contribution in [0.5, 0.6) is 0 Å². The van der Waals surface area contributed by atoms with Crippen molar-refractivity contribution in [2.75, 3.05) is 13.2 Å². The third kappa shape index (κ3) is 7.68. The average molecular weight is 1120 g/mol. The zero-order valence-corrected chi connectivity index (χ0v) is 38.8. The molecule has 0 aromatic rings. The van der Waals surface area contributed by atoms with Gasteiger partial charge in [0.1, 0.15) is 36.1 Å². The Morgan fingerprint density at radius 1 is 1.10 bits per heavy atom. The number of ketones is 1. The molecule has 11 atom stereocenters. The van der Waals surface area contributed by atoms with Gasteiger partial charge in [-0.2, -0.15) is 0 Å². The number of amides is 1. The van der Waals surface area contributed by atoms with E-state index in [4.69, 9.17) is 18.9 Å². The Morgan fingerprint density at radius 2 is 1.71 bits per heavy atom. The van der Waals surface area contributed by atoms with Crippen LogP contribution >= 0.6 is 0 Å². The number of hydrogen-bond donors (Lipinski definition) is 6. The number of nitrogens with one attached hydrogen (secondary N) is 1. The maximum atomic E-state index is 14.3. The van der Waals surface area contributed by atoms with Crippen molar-refractivity contribution in [2.45, 2.75) is 122 Å². The molecule has 4 rings (SSSR count). The fraction of sp³-hybridized carbons (Fsp3) is 0.758. The fourth-order valence-corrected chi connectivity index (χ4v) is 8.16. The van der Waals surface area contributed by atoms with E-state index in [0.717, 1.165) is 6.92 Å². The average Bonchev–Trinajstić information content (AvgIpc) is 2.97. The van der Waals surface area contributed by atoms with Crippen molar-refractivity contribution in [3.8, 4) is 0 Å². The number of rotatable bonds is 8. The van der Waals surface area contributed by atoms with Crippen LogP contribution in [-0.2, 0) is 33.3 Å². The summed E-state index contributed by atoms with van der Waals surface area (Å²) in [6.45, 7) is 11.8. The molecule has 1 amide bonds. The molecule has 4 aliphatic rings. The van der Waals surface area contributed by atoms with Gasteiger partial charge >= 0.3 is 18.0 Å². The van der Waals surface area contributed by atoms with E-state index < -0.39 is 107 Å². The van der Waals surface area contributed by atoms with Gasteiger partial charge in [-0.15, -0.1) is 0 Å². The number of ether oxygens (including phenoxy) is 4. The summed E-state index contributed by atoms with van der Waals surface area (Å²) in [5.74, 6) is -4.80. The van der Waals surface area contributed by atoms with Crippen LogP contribution in [-0.4, -0.2) is 116 Å². The number of aliphatic hydroxyl groups excluding tert-OH is 3.